The minimum absolute atomic E-state index is 0.0947. The molecule has 0 amide bonds. The molecule has 0 aromatic carbocycles. The molecule has 2 N–H and O–H groups in total. The molecule has 18 heavy (non-hydrogen) atoms. The fraction of sp³-hybridized carbons (Fsp3) is 1.00. The van der Waals surface area contributed by atoms with E-state index in [-0.39, 0.29) is 11.6 Å². The van der Waals surface area contributed by atoms with Crippen molar-refractivity contribution in [1.29, 1.82) is 0 Å². The minimum Gasteiger partial charge on any atom is -0.385 e. The van der Waals surface area contributed by atoms with Gasteiger partial charge in [-0.1, -0.05) is 19.8 Å². The Morgan fingerprint density at radius 3 is 2.22 bits per heavy atom. The molecule has 1 aliphatic heterocycles. The molecule has 2 atom stereocenters. The molecule has 0 spiro atoms. The molecule has 2 unspecified atom stereocenters. The van der Waals surface area contributed by atoms with Gasteiger partial charge in [0.05, 0.1) is 0 Å². The number of nitrogens with two attached hydrogens (primary N) is 1. The molecule has 0 aromatic rings. The third-order valence-corrected chi connectivity index (χ3v) is 4.63. The molecule has 3 heteroatoms. The summed E-state index contributed by atoms with van der Waals surface area (Å²) >= 11 is 0. The highest BCUT2D eigenvalue weighted by molar-refractivity contribution is 4.94. The number of methoxy groups -OCH3 is 1. The highest BCUT2D eigenvalue weighted by Gasteiger charge is 2.35. The Morgan fingerprint density at radius 1 is 1.17 bits per heavy atom. The van der Waals surface area contributed by atoms with Crippen LogP contribution in [0.4, 0.5) is 0 Å². The molecule has 3 nitrogen and oxygen atoms in total. The first-order chi connectivity index (χ1) is 8.50. The fourth-order valence-electron chi connectivity index (χ4n) is 3.04. The van der Waals surface area contributed by atoms with Crippen molar-refractivity contribution >= 4 is 0 Å². The van der Waals surface area contributed by atoms with Gasteiger partial charge in [-0.05, 0) is 52.1 Å². The van der Waals surface area contributed by atoms with Crippen molar-refractivity contribution in [3.8, 4) is 0 Å². The molecule has 0 saturated carbocycles. The number of nitrogens with zero attached hydrogens (tertiary/aromatic N) is 1. The van der Waals surface area contributed by atoms with Crippen molar-refractivity contribution in [2.45, 2.75) is 64.5 Å². The molecule has 0 bridgehead atoms. The summed E-state index contributed by atoms with van der Waals surface area (Å²) in [5, 5.41) is 0. The van der Waals surface area contributed by atoms with Crippen LogP contribution in [0.5, 0.6) is 0 Å². The lowest BCUT2D eigenvalue weighted by atomic mass is 9.83. The smallest absolute Gasteiger partial charge is 0.0465 e. The molecule has 1 heterocycles. The van der Waals surface area contributed by atoms with Gasteiger partial charge in [0.25, 0.3) is 0 Å². The van der Waals surface area contributed by atoms with Crippen LogP contribution in [0, 0.1) is 5.92 Å². The molecule has 1 saturated heterocycles. The van der Waals surface area contributed by atoms with E-state index in [4.69, 9.17) is 10.5 Å². The van der Waals surface area contributed by atoms with Crippen LogP contribution in [0.25, 0.3) is 0 Å². The number of ether oxygens (including phenoxy) is 1. The summed E-state index contributed by atoms with van der Waals surface area (Å²) in [6.45, 7) is 10.1. The Hall–Kier alpha value is -0.120. The zero-order valence-corrected chi connectivity index (χ0v) is 12.7. The van der Waals surface area contributed by atoms with Crippen molar-refractivity contribution in [1.82, 2.24) is 4.90 Å². The molecule has 0 aliphatic carbocycles. The Morgan fingerprint density at radius 2 is 1.72 bits per heavy atom. The lowest BCUT2D eigenvalue weighted by molar-refractivity contribution is 0.0692. The Labute approximate surface area is 113 Å². The van der Waals surface area contributed by atoms with Gasteiger partial charge in [-0.15, -0.1) is 0 Å². The summed E-state index contributed by atoms with van der Waals surface area (Å²) in [7, 11) is 1.76. The summed E-state index contributed by atoms with van der Waals surface area (Å²) in [4.78, 5) is 2.61. The van der Waals surface area contributed by atoms with Gasteiger partial charge in [-0.2, -0.15) is 0 Å². The highest BCUT2D eigenvalue weighted by Crippen LogP contribution is 2.27. The molecule has 1 rings (SSSR count). The van der Waals surface area contributed by atoms with Gasteiger partial charge in [0.1, 0.15) is 0 Å². The standard InChI is InChI=1S/C15H32N2O/c1-13(9-12-18-4)14(16)15(2,3)17-10-7-5-6-8-11-17/h13-14H,5-12,16H2,1-4H3. The van der Waals surface area contributed by atoms with E-state index in [1.165, 1.54) is 38.8 Å². The van der Waals surface area contributed by atoms with Gasteiger partial charge < -0.3 is 10.5 Å². The normalized spacial score (nSPS) is 22.5. The van der Waals surface area contributed by atoms with Crippen LogP contribution in [0.15, 0.2) is 0 Å². The summed E-state index contributed by atoms with van der Waals surface area (Å²) < 4.78 is 5.17. The minimum atomic E-state index is 0.0947. The van der Waals surface area contributed by atoms with Crippen LogP contribution in [-0.2, 0) is 4.74 Å². The average Bonchev–Trinajstić information content (AvgIpc) is 2.64. The van der Waals surface area contributed by atoms with Crippen molar-refractivity contribution < 1.29 is 4.74 Å². The van der Waals surface area contributed by atoms with Crippen molar-refractivity contribution in [2.24, 2.45) is 11.7 Å². The van der Waals surface area contributed by atoms with Gasteiger partial charge >= 0.3 is 0 Å². The molecule has 1 fully saturated rings. The van der Waals surface area contributed by atoms with E-state index in [0.29, 0.717) is 5.92 Å². The first kappa shape index (κ1) is 15.9. The monoisotopic (exact) mass is 256 g/mol. The molecular formula is C15H32N2O. The molecule has 1 aliphatic rings. The van der Waals surface area contributed by atoms with Crippen LogP contribution in [0.1, 0.15) is 52.9 Å². The van der Waals surface area contributed by atoms with E-state index in [1.54, 1.807) is 7.11 Å². The second-order valence-corrected chi connectivity index (χ2v) is 6.34. The Bertz CT molecular complexity index is 223. The second-order valence-electron chi connectivity index (χ2n) is 6.34. The predicted molar refractivity (Wildman–Crippen MR) is 77.8 cm³/mol. The van der Waals surface area contributed by atoms with E-state index >= 15 is 0 Å². The van der Waals surface area contributed by atoms with Crippen LogP contribution in [-0.4, -0.2) is 43.3 Å². The highest BCUT2D eigenvalue weighted by atomic mass is 16.5. The zero-order valence-electron chi connectivity index (χ0n) is 12.7. The summed E-state index contributed by atoms with van der Waals surface area (Å²) in [5.41, 5.74) is 6.62. The van der Waals surface area contributed by atoms with Crippen LogP contribution >= 0.6 is 0 Å². The van der Waals surface area contributed by atoms with Crippen LogP contribution in [0.3, 0.4) is 0 Å². The largest absolute Gasteiger partial charge is 0.385 e. The van der Waals surface area contributed by atoms with Crippen molar-refractivity contribution in [2.75, 3.05) is 26.8 Å². The predicted octanol–water partition coefficient (Wildman–Crippen LogP) is 2.64. The maximum absolute atomic E-state index is 6.52. The van der Waals surface area contributed by atoms with Crippen molar-refractivity contribution in [3.63, 3.8) is 0 Å². The number of hydrogen-bond acceptors (Lipinski definition) is 3. The van der Waals surface area contributed by atoms with Crippen LogP contribution in [0.2, 0.25) is 0 Å². The SMILES string of the molecule is COCCC(C)C(N)C(C)(C)N1CCCCCC1. The average molecular weight is 256 g/mol. The lowest BCUT2D eigenvalue weighted by Gasteiger charge is -2.44. The van der Waals surface area contributed by atoms with Gasteiger partial charge in [0.15, 0.2) is 0 Å². The molecular weight excluding hydrogens is 224 g/mol. The topological polar surface area (TPSA) is 38.5 Å². The van der Waals surface area contributed by atoms with E-state index in [2.05, 4.69) is 25.7 Å². The van der Waals surface area contributed by atoms with Crippen molar-refractivity contribution in [3.05, 3.63) is 0 Å². The van der Waals surface area contributed by atoms with Gasteiger partial charge in [0.2, 0.25) is 0 Å². The summed E-state index contributed by atoms with van der Waals surface area (Å²) in [6.07, 6.45) is 6.45. The maximum atomic E-state index is 6.52. The summed E-state index contributed by atoms with van der Waals surface area (Å²) in [5.74, 6) is 0.503. The van der Waals surface area contributed by atoms with E-state index < -0.39 is 0 Å². The third kappa shape index (κ3) is 4.22. The Kier molecular flexibility index (Phi) is 6.61. The molecule has 0 radical (unpaired) electrons. The Balaban J connectivity index is 2.58. The van der Waals surface area contributed by atoms with Gasteiger partial charge in [-0.25, -0.2) is 0 Å². The van der Waals surface area contributed by atoms with E-state index in [9.17, 15) is 0 Å². The summed E-state index contributed by atoms with van der Waals surface area (Å²) in [6, 6.07) is 0.214. The first-order valence-electron chi connectivity index (χ1n) is 7.49. The molecule has 0 aromatic heterocycles. The van der Waals surface area contributed by atoms with E-state index in [1.807, 2.05) is 0 Å². The third-order valence-electron chi connectivity index (χ3n) is 4.63. The van der Waals surface area contributed by atoms with Gasteiger partial charge in [0, 0.05) is 25.3 Å². The second kappa shape index (κ2) is 7.46. The quantitative estimate of drug-likeness (QED) is 0.794. The maximum Gasteiger partial charge on any atom is 0.0465 e. The zero-order chi connectivity index (χ0) is 13.6. The first-order valence-corrected chi connectivity index (χ1v) is 7.49. The number of rotatable bonds is 6. The van der Waals surface area contributed by atoms with Crippen LogP contribution < -0.4 is 5.73 Å². The van der Waals surface area contributed by atoms with E-state index in [0.717, 1.165) is 13.0 Å². The fourth-order valence-corrected chi connectivity index (χ4v) is 3.04. The molecule has 108 valence electrons. The number of hydrogen-bond donors (Lipinski definition) is 1. The number of likely N-dealkylation sites (tertiary alicyclic amines) is 1. The van der Waals surface area contributed by atoms with Gasteiger partial charge in [-0.3, -0.25) is 4.90 Å². The lowest BCUT2D eigenvalue weighted by Crippen LogP contribution is -2.58.